The Balaban J connectivity index is 2.31. The minimum Gasteiger partial charge on any atom is -0.214 e. The lowest BCUT2D eigenvalue weighted by atomic mass is 10.2. The zero-order valence-electron chi connectivity index (χ0n) is 11.1. The van der Waals surface area contributed by atoms with Crippen LogP contribution in [0.1, 0.15) is 18.4 Å². The van der Waals surface area contributed by atoms with Gasteiger partial charge in [-0.1, -0.05) is 30.1 Å². The number of fused-ring (bicyclic) bond motifs is 1. The van der Waals surface area contributed by atoms with Crippen molar-refractivity contribution in [2.75, 3.05) is 0 Å². The molecule has 6 heteroatoms. The molecule has 0 atom stereocenters. The van der Waals surface area contributed by atoms with Gasteiger partial charge in [0.05, 0.1) is 10.7 Å². The Morgan fingerprint density at radius 2 is 1.95 bits per heavy atom. The van der Waals surface area contributed by atoms with Gasteiger partial charge >= 0.3 is 0 Å². The van der Waals surface area contributed by atoms with Crippen molar-refractivity contribution in [1.82, 2.24) is 19.6 Å². The normalized spacial score (nSPS) is 11.2. The summed E-state index contributed by atoms with van der Waals surface area (Å²) in [5, 5.41) is 5.65. The number of hydrogen-bond acceptors (Lipinski definition) is 3. The molecule has 0 aliphatic rings. The van der Waals surface area contributed by atoms with Crippen LogP contribution in [0.5, 0.6) is 0 Å². The van der Waals surface area contributed by atoms with Crippen LogP contribution in [-0.4, -0.2) is 19.6 Å². The predicted octanol–water partition coefficient (Wildman–Crippen LogP) is 3.97. The standard InChI is InChI=1S/C14H12Cl2N4/c1-3-10-7-13-17-8(2)18-14(20(13)19-10)11-5-4-9(15)6-12(11)16/h4-7H,3H2,1-2H3. The third kappa shape index (κ3) is 2.25. The summed E-state index contributed by atoms with van der Waals surface area (Å²) in [5.41, 5.74) is 2.53. The second-order valence-electron chi connectivity index (χ2n) is 4.48. The highest BCUT2D eigenvalue weighted by atomic mass is 35.5. The van der Waals surface area contributed by atoms with E-state index in [-0.39, 0.29) is 0 Å². The van der Waals surface area contributed by atoms with Gasteiger partial charge in [0, 0.05) is 16.7 Å². The number of aromatic nitrogens is 4. The van der Waals surface area contributed by atoms with Crippen molar-refractivity contribution in [3.63, 3.8) is 0 Å². The highest BCUT2D eigenvalue weighted by Crippen LogP contribution is 2.29. The van der Waals surface area contributed by atoms with E-state index in [1.165, 1.54) is 0 Å². The minimum absolute atomic E-state index is 0.547. The summed E-state index contributed by atoms with van der Waals surface area (Å²) in [6, 6.07) is 7.30. The molecule has 0 radical (unpaired) electrons. The molecule has 102 valence electrons. The third-order valence-corrected chi connectivity index (χ3v) is 3.57. The number of benzene rings is 1. The quantitative estimate of drug-likeness (QED) is 0.719. The van der Waals surface area contributed by atoms with E-state index in [1.54, 1.807) is 16.6 Å². The molecule has 0 fully saturated rings. The van der Waals surface area contributed by atoms with Gasteiger partial charge in [-0.3, -0.25) is 0 Å². The first-order valence-corrected chi connectivity index (χ1v) is 7.03. The molecule has 0 spiro atoms. The molecule has 0 bridgehead atoms. The van der Waals surface area contributed by atoms with E-state index in [1.807, 2.05) is 19.1 Å². The number of nitrogens with zero attached hydrogens (tertiary/aromatic N) is 4. The average molecular weight is 307 g/mol. The molecule has 0 unspecified atom stereocenters. The molecule has 0 aliphatic heterocycles. The fraction of sp³-hybridized carbons (Fsp3) is 0.214. The lowest BCUT2D eigenvalue weighted by Gasteiger charge is -2.07. The molecule has 2 aromatic heterocycles. The maximum absolute atomic E-state index is 6.27. The third-order valence-electron chi connectivity index (χ3n) is 3.02. The minimum atomic E-state index is 0.547. The van der Waals surface area contributed by atoms with Crippen LogP contribution in [-0.2, 0) is 6.42 Å². The summed E-state index contributed by atoms with van der Waals surface area (Å²) < 4.78 is 1.72. The van der Waals surface area contributed by atoms with Gasteiger partial charge in [0.25, 0.3) is 0 Å². The molecule has 20 heavy (non-hydrogen) atoms. The molecule has 2 heterocycles. The number of hydrogen-bond donors (Lipinski definition) is 0. The van der Waals surface area contributed by atoms with E-state index < -0.39 is 0 Å². The Morgan fingerprint density at radius 1 is 1.15 bits per heavy atom. The van der Waals surface area contributed by atoms with Crippen LogP contribution >= 0.6 is 23.2 Å². The highest BCUT2D eigenvalue weighted by Gasteiger charge is 2.13. The van der Waals surface area contributed by atoms with Crippen molar-refractivity contribution in [3.05, 3.63) is 45.8 Å². The highest BCUT2D eigenvalue weighted by molar-refractivity contribution is 6.36. The first kappa shape index (κ1) is 13.3. The molecule has 0 saturated carbocycles. The van der Waals surface area contributed by atoms with Gasteiger partial charge in [0.2, 0.25) is 0 Å². The lowest BCUT2D eigenvalue weighted by molar-refractivity contribution is 0.852. The van der Waals surface area contributed by atoms with Crippen molar-refractivity contribution in [3.8, 4) is 11.4 Å². The van der Waals surface area contributed by atoms with Crippen molar-refractivity contribution in [1.29, 1.82) is 0 Å². The Hall–Kier alpha value is -1.65. The second kappa shape index (κ2) is 5.04. The van der Waals surface area contributed by atoms with Crippen molar-refractivity contribution in [2.45, 2.75) is 20.3 Å². The number of aryl methyl sites for hydroxylation is 2. The maximum atomic E-state index is 6.27. The molecule has 4 nitrogen and oxygen atoms in total. The molecule has 0 aliphatic carbocycles. The molecule has 0 saturated heterocycles. The monoisotopic (exact) mass is 306 g/mol. The fourth-order valence-corrected chi connectivity index (χ4v) is 2.56. The number of rotatable bonds is 2. The van der Waals surface area contributed by atoms with E-state index in [0.717, 1.165) is 23.3 Å². The zero-order valence-corrected chi connectivity index (χ0v) is 12.6. The second-order valence-corrected chi connectivity index (χ2v) is 5.32. The molecular weight excluding hydrogens is 295 g/mol. The van der Waals surface area contributed by atoms with Gasteiger partial charge in [0.1, 0.15) is 5.82 Å². The predicted molar refractivity (Wildman–Crippen MR) is 80.4 cm³/mol. The van der Waals surface area contributed by atoms with Crippen LogP contribution in [0.15, 0.2) is 24.3 Å². The van der Waals surface area contributed by atoms with Crippen LogP contribution in [0.4, 0.5) is 0 Å². The van der Waals surface area contributed by atoms with Crippen molar-refractivity contribution >= 4 is 28.8 Å². The van der Waals surface area contributed by atoms with Gasteiger partial charge in [-0.15, -0.1) is 0 Å². The van der Waals surface area contributed by atoms with E-state index >= 15 is 0 Å². The SMILES string of the molecule is CCc1cc2nc(C)nc(-c3ccc(Cl)cc3Cl)n2n1. The number of halogens is 2. The van der Waals surface area contributed by atoms with E-state index in [9.17, 15) is 0 Å². The fourth-order valence-electron chi connectivity index (χ4n) is 2.06. The topological polar surface area (TPSA) is 43.1 Å². The first-order valence-electron chi connectivity index (χ1n) is 6.27. The van der Waals surface area contributed by atoms with Gasteiger partial charge < -0.3 is 0 Å². The van der Waals surface area contributed by atoms with Crippen LogP contribution in [0, 0.1) is 6.92 Å². The van der Waals surface area contributed by atoms with Gasteiger partial charge in [-0.2, -0.15) is 9.61 Å². The summed E-state index contributed by atoms with van der Waals surface area (Å²) in [4.78, 5) is 8.87. The van der Waals surface area contributed by atoms with E-state index in [2.05, 4.69) is 22.0 Å². The molecule has 0 N–H and O–H groups in total. The summed E-state index contributed by atoms with van der Waals surface area (Å²) in [6.45, 7) is 3.91. The largest absolute Gasteiger partial charge is 0.214 e. The summed E-state index contributed by atoms with van der Waals surface area (Å²) in [7, 11) is 0. The Kier molecular flexibility index (Phi) is 3.36. The summed E-state index contributed by atoms with van der Waals surface area (Å²) in [6.07, 6.45) is 0.843. The first-order chi connectivity index (χ1) is 9.58. The van der Waals surface area contributed by atoms with Gasteiger partial charge in [0.15, 0.2) is 11.5 Å². The average Bonchev–Trinajstić information content (AvgIpc) is 2.81. The summed E-state index contributed by atoms with van der Waals surface area (Å²) in [5.74, 6) is 1.36. The van der Waals surface area contributed by atoms with Crippen LogP contribution in [0.25, 0.3) is 17.0 Å². The molecule has 0 amide bonds. The molecular formula is C14H12Cl2N4. The Morgan fingerprint density at radius 3 is 2.65 bits per heavy atom. The lowest BCUT2D eigenvalue weighted by Crippen LogP contribution is -2.03. The van der Waals surface area contributed by atoms with Gasteiger partial charge in [-0.05, 0) is 31.5 Å². The Bertz CT molecular complexity index is 795. The van der Waals surface area contributed by atoms with Crippen LogP contribution < -0.4 is 0 Å². The smallest absolute Gasteiger partial charge is 0.166 e. The van der Waals surface area contributed by atoms with Gasteiger partial charge in [-0.25, -0.2) is 9.97 Å². The maximum Gasteiger partial charge on any atom is 0.166 e. The van der Waals surface area contributed by atoms with E-state index in [4.69, 9.17) is 23.2 Å². The molecule has 3 aromatic rings. The van der Waals surface area contributed by atoms with E-state index in [0.29, 0.717) is 21.7 Å². The molecule has 1 aromatic carbocycles. The van der Waals surface area contributed by atoms with Crippen LogP contribution in [0.2, 0.25) is 10.0 Å². The van der Waals surface area contributed by atoms with Crippen molar-refractivity contribution in [2.24, 2.45) is 0 Å². The van der Waals surface area contributed by atoms with Crippen molar-refractivity contribution < 1.29 is 0 Å². The molecule has 3 rings (SSSR count). The van der Waals surface area contributed by atoms with Crippen LogP contribution in [0.3, 0.4) is 0 Å². The zero-order chi connectivity index (χ0) is 14.3. The summed E-state index contributed by atoms with van der Waals surface area (Å²) >= 11 is 12.2. The Labute approximate surface area is 126 Å².